The van der Waals surface area contributed by atoms with Crippen LogP contribution in [0.25, 0.3) is 33.2 Å². The third kappa shape index (κ3) is 2.68. The molecule has 148 valence electrons. The molecule has 1 aliphatic heterocycles. The van der Waals surface area contributed by atoms with E-state index in [1.807, 2.05) is 65.2 Å². The van der Waals surface area contributed by atoms with Crippen LogP contribution in [-0.2, 0) is 4.79 Å². The minimum atomic E-state index is -0.296. The van der Waals surface area contributed by atoms with Crippen LogP contribution in [0.2, 0.25) is 0 Å². The molecule has 1 aliphatic rings. The van der Waals surface area contributed by atoms with E-state index in [2.05, 4.69) is 12.1 Å². The minimum Gasteiger partial charge on any atom is -0.497 e. The zero-order valence-corrected chi connectivity index (χ0v) is 16.9. The Kier molecular flexibility index (Phi) is 4.28. The van der Waals surface area contributed by atoms with Crippen LogP contribution in [0.4, 0.5) is 0 Å². The third-order valence-corrected chi connectivity index (χ3v) is 5.85. The van der Waals surface area contributed by atoms with Crippen LogP contribution in [0.5, 0.6) is 5.75 Å². The van der Waals surface area contributed by atoms with E-state index in [0.29, 0.717) is 17.6 Å². The van der Waals surface area contributed by atoms with E-state index in [1.165, 1.54) is 0 Å². The van der Waals surface area contributed by atoms with Crippen LogP contribution in [0, 0.1) is 0 Å². The van der Waals surface area contributed by atoms with Crippen molar-refractivity contribution in [3.63, 3.8) is 0 Å². The van der Waals surface area contributed by atoms with Crippen molar-refractivity contribution in [3.05, 3.63) is 88.7 Å². The Morgan fingerprint density at radius 3 is 2.43 bits per heavy atom. The van der Waals surface area contributed by atoms with Crippen LogP contribution in [0.3, 0.4) is 0 Å². The number of carbonyl (C=O) groups is 1. The molecule has 0 spiro atoms. The number of methoxy groups -OCH3 is 1. The average Bonchev–Trinajstić information content (AvgIpc) is 3.08. The second-order valence-electron chi connectivity index (χ2n) is 7.69. The average molecular weight is 395 g/mol. The molecule has 0 saturated heterocycles. The number of ketones is 1. The van der Waals surface area contributed by atoms with Crippen LogP contribution >= 0.6 is 0 Å². The number of hydrogen-bond donors (Lipinski definition) is 0. The number of Topliss-reactive ketones (excluding diaryl/α,β-unsaturated/α-hetero) is 1. The maximum atomic E-state index is 13.7. The Bertz CT molecular complexity index is 1350. The van der Waals surface area contributed by atoms with Crippen LogP contribution in [0.15, 0.2) is 77.6 Å². The summed E-state index contributed by atoms with van der Waals surface area (Å²) in [6, 6.07) is 23.4. The zero-order valence-electron chi connectivity index (χ0n) is 16.9. The van der Waals surface area contributed by atoms with Gasteiger partial charge in [0.1, 0.15) is 11.5 Å². The van der Waals surface area contributed by atoms with Crippen molar-refractivity contribution in [1.82, 2.24) is 4.57 Å². The highest BCUT2D eigenvalue weighted by Gasteiger charge is 2.33. The minimum absolute atomic E-state index is 0.0608. The predicted octanol–water partition coefficient (Wildman–Crippen LogP) is 5.23. The summed E-state index contributed by atoms with van der Waals surface area (Å²) >= 11 is 0. The van der Waals surface area contributed by atoms with Gasteiger partial charge in [0.05, 0.1) is 18.8 Å². The zero-order chi connectivity index (χ0) is 20.8. The van der Waals surface area contributed by atoms with Crippen LogP contribution in [-0.4, -0.2) is 17.5 Å². The first-order valence-corrected chi connectivity index (χ1v) is 10.0. The fourth-order valence-corrected chi connectivity index (χ4v) is 4.60. The molecule has 4 nitrogen and oxygen atoms in total. The Labute approximate surface area is 174 Å². The summed E-state index contributed by atoms with van der Waals surface area (Å²) in [6.45, 7) is 1.58. The van der Waals surface area contributed by atoms with E-state index in [-0.39, 0.29) is 17.4 Å². The standard InChI is InChI=1S/C26H21NO3/c1-16(28)14-23-19-10-6-7-11-20(19)25-24(17-8-4-3-5-9-17)22-15-18(30-2)12-13-21(22)26(29)27(23)25/h3-13,15,23H,14H2,1-2H3. The molecule has 0 N–H and O–H groups in total. The lowest BCUT2D eigenvalue weighted by Crippen LogP contribution is -2.25. The van der Waals surface area contributed by atoms with Gasteiger partial charge in [-0.1, -0.05) is 54.6 Å². The second kappa shape index (κ2) is 6.99. The number of fused-ring (bicyclic) bond motifs is 4. The van der Waals surface area contributed by atoms with E-state index >= 15 is 0 Å². The van der Waals surface area contributed by atoms with Gasteiger partial charge in [-0.25, -0.2) is 0 Å². The molecule has 30 heavy (non-hydrogen) atoms. The number of ether oxygens (including phenoxy) is 1. The van der Waals surface area contributed by atoms with Crippen LogP contribution < -0.4 is 10.3 Å². The number of hydrogen-bond acceptors (Lipinski definition) is 3. The van der Waals surface area contributed by atoms with E-state index < -0.39 is 0 Å². The van der Waals surface area contributed by atoms with Gasteiger partial charge in [-0.15, -0.1) is 0 Å². The monoisotopic (exact) mass is 395 g/mol. The van der Waals surface area contributed by atoms with E-state index in [1.54, 1.807) is 14.0 Å². The molecule has 5 rings (SSSR count). The van der Waals surface area contributed by atoms with Gasteiger partial charge in [0, 0.05) is 28.3 Å². The maximum absolute atomic E-state index is 13.7. The summed E-state index contributed by atoms with van der Waals surface area (Å²) in [7, 11) is 1.63. The number of nitrogens with zero attached hydrogens (tertiary/aromatic N) is 1. The third-order valence-electron chi connectivity index (χ3n) is 5.85. The largest absolute Gasteiger partial charge is 0.497 e. The first kappa shape index (κ1) is 18.4. The normalized spacial score (nSPS) is 14.4. The van der Waals surface area contributed by atoms with Gasteiger partial charge in [-0.3, -0.25) is 14.2 Å². The summed E-state index contributed by atoms with van der Waals surface area (Å²) in [5.41, 5.74) is 4.83. The van der Waals surface area contributed by atoms with Crippen molar-refractivity contribution in [3.8, 4) is 28.1 Å². The van der Waals surface area contributed by atoms with Crippen molar-refractivity contribution in [2.45, 2.75) is 19.4 Å². The molecule has 2 heterocycles. The predicted molar refractivity (Wildman–Crippen MR) is 119 cm³/mol. The van der Waals surface area contributed by atoms with E-state index in [4.69, 9.17) is 4.74 Å². The molecular weight excluding hydrogens is 374 g/mol. The molecule has 1 aromatic heterocycles. The lowest BCUT2D eigenvalue weighted by molar-refractivity contribution is -0.117. The number of rotatable bonds is 4. The molecule has 0 amide bonds. The first-order chi connectivity index (χ1) is 14.6. The number of pyridine rings is 1. The smallest absolute Gasteiger partial charge is 0.259 e. The van der Waals surface area contributed by atoms with Crippen LogP contribution in [0.1, 0.15) is 24.9 Å². The highest BCUT2D eigenvalue weighted by atomic mass is 16.5. The molecule has 0 saturated carbocycles. The molecule has 1 unspecified atom stereocenters. The van der Waals surface area contributed by atoms with Gasteiger partial charge in [0.2, 0.25) is 0 Å². The Morgan fingerprint density at radius 2 is 1.70 bits per heavy atom. The topological polar surface area (TPSA) is 48.3 Å². The summed E-state index contributed by atoms with van der Waals surface area (Å²) in [6.07, 6.45) is 0.291. The Morgan fingerprint density at radius 1 is 0.967 bits per heavy atom. The van der Waals surface area contributed by atoms with Crippen molar-refractivity contribution >= 4 is 16.6 Å². The summed E-state index contributed by atoms with van der Waals surface area (Å²) in [5, 5.41) is 1.48. The van der Waals surface area contributed by atoms with Crippen molar-refractivity contribution in [2.24, 2.45) is 0 Å². The quantitative estimate of drug-likeness (QED) is 0.476. The van der Waals surface area contributed by atoms with E-state index in [0.717, 1.165) is 33.3 Å². The first-order valence-electron chi connectivity index (χ1n) is 10.0. The number of aromatic nitrogens is 1. The van der Waals surface area contributed by atoms with Gasteiger partial charge in [-0.05, 0) is 36.2 Å². The van der Waals surface area contributed by atoms with Gasteiger partial charge in [0.15, 0.2) is 0 Å². The summed E-state index contributed by atoms with van der Waals surface area (Å²) < 4.78 is 7.28. The lowest BCUT2D eigenvalue weighted by atomic mass is 9.93. The highest BCUT2D eigenvalue weighted by Crippen LogP contribution is 2.47. The number of carbonyl (C=O) groups excluding carboxylic acids is 1. The molecular formula is C26H21NO3. The second-order valence-corrected chi connectivity index (χ2v) is 7.69. The molecule has 4 heteroatoms. The van der Waals surface area contributed by atoms with Gasteiger partial charge in [-0.2, -0.15) is 0 Å². The van der Waals surface area contributed by atoms with Crippen molar-refractivity contribution in [1.29, 1.82) is 0 Å². The Balaban J connectivity index is 1.99. The van der Waals surface area contributed by atoms with Gasteiger partial charge >= 0.3 is 0 Å². The molecule has 0 bridgehead atoms. The maximum Gasteiger partial charge on any atom is 0.259 e. The number of benzene rings is 3. The summed E-state index contributed by atoms with van der Waals surface area (Å²) in [5.74, 6) is 0.765. The molecule has 1 atom stereocenters. The molecule has 0 fully saturated rings. The van der Waals surface area contributed by atoms with Gasteiger partial charge < -0.3 is 4.74 Å². The fourth-order valence-electron chi connectivity index (χ4n) is 4.60. The molecule has 4 aromatic rings. The molecule has 3 aromatic carbocycles. The summed E-state index contributed by atoms with van der Waals surface area (Å²) in [4.78, 5) is 25.8. The van der Waals surface area contributed by atoms with E-state index in [9.17, 15) is 9.59 Å². The fraction of sp³-hybridized carbons (Fsp3) is 0.154. The van der Waals surface area contributed by atoms with Crippen molar-refractivity contribution in [2.75, 3.05) is 7.11 Å². The van der Waals surface area contributed by atoms with Gasteiger partial charge in [0.25, 0.3) is 5.56 Å². The van der Waals surface area contributed by atoms with Crippen molar-refractivity contribution < 1.29 is 9.53 Å². The molecule has 0 radical (unpaired) electrons. The lowest BCUT2D eigenvalue weighted by Gasteiger charge is -2.19. The SMILES string of the molecule is COc1ccc2c(=O)n3c(c(-c4ccccc4)c2c1)-c1ccccc1C3CC(C)=O. The Hall–Kier alpha value is -3.66. The highest BCUT2D eigenvalue weighted by molar-refractivity contribution is 6.04. The molecule has 0 aliphatic carbocycles.